The first-order valence-electron chi connectivity index (χ1n) is 15.2. The van der Waals surface area contributed by atoms with Gasteiger partial charge in [0.05, 0.1) is 28.0 Å². The lowest BCUT2D eigenvalue weighted by Gasteiger charge is -2.34. The lowest BCUT2D eigenvalue weighted by molar-refractivity contribution is -0.128. The number of imide groups is 1. The van der Waals surface area contributed by atoms with Crippen molar-refractivity contribution in [3.63, 3.8) is 0 Å². The van der Waals surface area contributed by atoms with Gasteiger partial charge in [-0.25, -0.2) is 4.79 Å². The summed E-state index contributed by atoms with van der Waals surface area (Å²) in [5, 5.41) is 11.2. The summed E-state index contributed by atoms with van der Waals surface area (Å²) in [5.74, 6) is 0.0360. The van der Waals surface area contributed by atoms with Crippen molar-refractivity contribution in [2.45, 2.75) is 32.0 Å². The summed E-state index contributed by atoms with van der Waals surface area (Å²) in [6.07, 6.45) is 0.866. The molecule has 1 atom stereocenters. The zero-order valence-electron chi connectivity index (χ0n) is 25.6. The van der Waals surface area contributed by atoms with Crippen LogP contribution in [0.5, 0.6) is 0 Å². The van der Waals surface area contributed by atoms with Gasteiger partial charge in [-0.1, -0.05) is 83.9 Å². The lowest BCUT2D eigenvalue weighted by Crippen LogP contribution is -2.55. The Hall–Kier alpha value is -4.65. The van der Waals surface area contributed by atoms with Crippen molar-refractivity contribution in [3.05, 3.63) is 110 Å². The van der Waals surface area contributed by atoms with Crippen LogP contribution in [0, 0.1) is 6.92 Å². The number of hydrogen-bond donors (Lipinski definition) is 1. The molecule has 3 aliphatic rings. The maximum absolute atomic E-state index is 13.7. The van der Waals surface area contributed by atoms with Gasteiger partial charge in [-0.15, -0.1) is 10.2 Å². The number of aryl methyl sites for hydroxylation is 1. The lowest BCUT2D eigenvalue weighted by atomic mass is 9.98. The molecular formula is C34H28Cl2N6O5S. The summed E-state index contributed by atoms with van der Waals surface area (Å²) in [6, 6.07) is 20.2. The third-order valence-corrected chi connectivity index (χ3v) is 10.4. The van der Waals surface area contributed by atoms with Crippen molar-refractivity contribution >= 4 is 64.2 Å². The van der Waals surface area contributed by atoms with E-state index in [4.69, 9.17) is 27.9 Å². The zero-order valence-corrected chi connectivity index (χ0v) is 27.9. The molecule has 4 aromatic rings. The minimum Gasteiger partial charge on any atom is -0.448 e. The molecule has 14 heteroatoms. The van der Waals surface area contributed by atoms with E-state index in [0.29, 0.717) is 22.2 Å². The van der Waals surface area contributed by atoms with E-state index >= 15 is 0 Å². The maximum Gasteiger partial charge on any atom is 0.410 e. The number of benzene rings is 3. The molecular weight excluding hydrogens is 675 g/mol. The Morgan fingerprint density at radius 3 is 2.44 bits per heavy atom. The molecule has 1 aromatic heterocycles. The van der Waals surface area contributed by atoms with Gasteiger partial charge in [0.25, 0.3) is 11.1 Å². The van der Waals surface area contributed by atoms with E-state index in [1.165, 1.54) is 11.0 Å². The van der Waals surface area contributed by atoms with Crippen LogP contribution in [0.4, 0.5) is 9.59 Å². The molecule has 1 N–H and O–H groups in total. The van der Waals surface area contributed by atoms with Gasteiger partial charge in [0.15, 0.2) is 5.82 Å². The molecule has 2 aliphatic heterocycles. The molecule has 0 spiro atoms. The fourth-order valence-electron chi connectivity index (χ4n) is 6.28. The highest BCUT2D eigenvalue weighted by molar-refractivity contribution is 8.18. The van der Waals surface area contributed by atoms with Gasteiger partial charge >= 0.3 is 6.09 Å². The maximum atomic E-state index is 13.7. The van der Waals surface area contributed by atoms with Crippen molar-refractivity contribution in [2.75, 3.05) is 19.7 Å². The van der Waals surface area contributed by atoms with Gasteiger partial charge < -0.3 is 14.6 Å². The number of aromatic nitrogens is 3. The number of carbonyl (C=O) groups excluding carboxylic acids is 4. The summed E-state index contributed by atoms with van der Waals surface area (Å²) in [5.41, 5.74) is 4.88. The average molecular weight is 704 g/mol. The summed E-state index contributed by atoms with van der Waals surface area (Å²) in [4.78, 5) is 55.6. The number of ether oxygens (including phenoxy) is 1. The number of thioether (sulfide) groups is 1. The predicted molar refractivity (Wildman–Crippen MR) is 181 cm³/mol. The number of hydrogen-bond acceptors (Lipinski definition) is 8. The molecule has 48 heavy (non-hydrogen) atoms. The Kier molecular flexibility index (Phi) is 8.71. The Balaban J connectivity index is 1.02. The highest BCUT2D eigenvalue weighted by Crippen LogP contribution is 2.44. The fourth-order valence-corrected chi connectivity index (χ4v) is 7.50. The van der Waals surface area contributed by atoms with Crippen LogP contribution in [0.2, 0.25) is 10.0 Å². The second-order valence-corrected chi connectivity index (χ2v) is 13.3. The number of amides is 4. The Morgan fingerprint density at radius 2 is 1.71 bits per heavy atom. The van der Waals surface area contributed by atoms with Crippen LogP contribution in [-0.2, 0) is 27.4 Å². The molecule has 0 bridgehead atoms. The molecule has 0 saturated carbocycles. The van der Waals surface area contributed by atoms with E-state index in [2.05, 4.69) is 27.6 Å². The van der Waals surface area contributed by atoms with Crippen molar-refractivity contribution in [1.29, 1.82) is 0 Å². The number of nitrogens with one attached hydrogen (secondary N) is 1. The number of fused-ring (bicyclic) bond motifs is 4. The van der Waals surface area contributed by atoms with Gasteiger partial charge in [0.1, 0.15) is 18.5 Å². The van der Waals surface area contributed by atoms with Crippen molar-refractivity contribution in [3.8, 4) is 11.1 Å². The SMILES string of the molecule is Cc1nnc2n1CC(C(=O)NCCN1C(=O)S/C(=C/c3cccc(Cl)c3Cl)C1=O)N(C(=O)OCC1c3ccccc3-c3ccccc31)C2. The largest absolute Gasteiger partial charge is 0.448 e. The van der Waals surface area contributed by atoms with Gasteiger partial charge in [-0.05, 0) is 58.6 Å². The molecule has 3 aromatic carbocycles. The van der Waals surface area contributed by atoms with Gasteiger partial charge in [-0.3, -0.25) is 24.2 Å². The number of nitrogens with zero attached hydrogens (tertiary/aromatic N) is 5. The molecule has 4 amide bonds. The first kappa shape index (κ1) is 31.9. The normalized spacial score (nSPS) is 17.8. The summed E-state index contributed by atoms with van der Waals surface area (Å²) < 4.78 is 7.69. The highest BCUT2D eigenvalue weighted by Gasteiger charge is 2.39. The van der Waals surface area contributed by atoms with Crippen LogP contribution in [-0.4, -0.2) is 73.4 Å². The third-order valence-electron chi connectivity index (χ3n) is 8.71. The van der Waals surface area contributed by atoms with Crippen LogP contribution in [0.1, 0.15) is 34.3 Å². The van der Waals surface area contributed by atoms with E-state index in [-0.39, 0.29) is 48.6 Å². The van der Waals surface area contributed by atoms with Crippen molar-refractivity contribution in [2.24, 2.45) is 0 Å². The number of rotatable bonds is 7. The molecule has 1 aliphatic carbocycles. The quantitative estimate of drug-likeness (QED) is 0.237. The molecule has 1 fully saturated rings. The van der Waals surface area contributed by atoms with Crippen molar-refractivity contribution in [1.82, 2.24) is 29.9 Å². The van der Waals surface area contributed by atoms with Gasteiger partial charge in [0.2, 0.25) is 5.91 Å². The Morgan fingerprint density at radius 1 is 1.00 bits per heavy atom. The molecule has 244 valence electrons. The highest BCUT2D eigenvalue weighted by atomic mass is 35.5. The zero-order chi connectivity index (χ0) is 33.5. The van der Waals surface area contributed by atoms with Gasteiger partial charge in [-0.2, -0.15) is 0 Å². The molecule has 0 radical (unpaired) electrons. The number of halogens is 2. The monoisotopic (exact) mass is 702 g/mol. The van der Waals surface area contributed by atoms with E-state index in [0.717, 1.165) is 38.9 Å². The van der Waals surface area contributed by atoms with E-state index < -0.39 is 29.2 Å². The van der Waals surface area contributed by atoms with Crippen LogP contribution >= 0.6 is 35.0 Å². The first-order valence-corrected chi connectivity index (χ1v) is 16.8. The second kappa shape index (κ2) is 13.1. The molecule has 11 nitrogen and oxygen atoms in total. The molecule has 7 rings (SSSR count). The van der Waals surface area contributed by atoms with Crippen LogP contribution < -0.4 is 5.32 Å². The van der Waals surface area contributed by atoms with Gasteiger partial charge in [0, 0.05) is 19.0 Å². The van der Waals surface area contributed by atoms with Crippen molar-refractivity contribution < 1.29 is 23.9 Å². The smallest absolute Gasteiger partial charge is 0.410 e. The molecule has 1 unspecified atom stereocenters. The minimum atomic E-state index is -0.942. The summed E-state index contributed by atoms with van der Waals surface area (Å²) in [6.45, 7) is 1.93. The summed E-state index contributed by atoms with van der Waals surface area (Å²) >= 11 is 13.1. The Labute approximate surface area is 289 Å². The first-order chi connectivity index (χ1) is 23.2. The van der Waals surface area contributed by atoms with E-state index in [1.807, 2.05) is 36.4 Å². The molecule has 1 saturated heterocycles. The standard InChI is InChI=1S/C34H28Cl2N6O5S/c1-19-38-39-29-17-42(33(45)47-18-25-23-10-4-2-8-21(23)22-9-3-5-11-24(22)25)27(16-41(19)29)31(43)37-13-14-40-32(44)28(48-34(40)46)15-20-7-6-12-26(35)30(20)36/h2-12,15,25,27H,13-14,16-18H2,1H3,(H,37,43)/b28-15+. The van der Waals surface area contributed by atoms with Crippen LogP contribution in [0.25, 0.3) is 17.2 Å². The average Bonchev–Trinajstić information content (AvgIpc) is 3.71. The minimum absolute atomic E-state index is 0.0227. The van der Waals surface area contributed by atoms with Crippen LogP contribution in [0.15, 0.2) is 71.6 Å². The predicted octanol–water partition coefficient (Wildman–Crippen LogP) is 5.88. The van der Waals surface area contributed by atoms with E-state index in [1.54, 1.807) is 29.7 Å². The topological polar surface area (TPSA) is 127 Å². The number of carbonyl (C=O) groups is 4. The molecule has 3 heterocycles. The summed E-state index contributed by atoms with van der Waals surface area (Å²) in [7, 11) is 0. The second-order valence-electron chi connectivity index (χ2n) is 11.5. The third kappa shape index (κ3) is 5.84. The van der Waals surface area contributed by atoms with Crippen LogP contribution in [0.3, 0.4) is 0 Å². The van der Waals surface area contributed by atoms with E-state index in [9.17, 15) is 19.2 Å². The fraction of sp³-hybridized carbons (Fsp3) is 0.235. The Bertz CT molecular complexity index is 1970.